The van der Waals surface area contributed by atoms with E-state index >= 15 is 0 Å². The summed E-state index contributed by atoms with van der Waals surface area (Å²) < 4.78 is 5.72. The molecule has 3 aromatic carbocycles. The van der Waals surface area contributed by atoms with E-state index in [1.54, 1.807) is 0 Å². The molecule has 1 N–H and O–H groups in total. The normalized spacial score (nSPS) is 22.6. The number of nitrogens with zero attached hydrogens (tertiary/aromatic N) is 2. The van der Waals surface area contributed by atoms with E-state index in [9.17, 15) is 9.59 Å². The topological polar surface area (TPSA) is 61.9 Å². The van der Waals surface area contributed by atoms with Crippen molar-refractivity contribution in [1.82, 2.24) is 9.80 Å². The van der Waals surface area contributed by atoms with Gasteiger partial charge in [-0.05, 0) is 46.9 Å². The summed E-state index contributed by atoms with van der Waals surface area (Å²) in [6.07, 6.45) is 2.00. The number of rotatable bonds is 2. The minimum atomic E-state index is -0.214. The van der Waals surface area contributed by atoms with Crippen molar-refractivity contribution < 1.29 is 14.3 Å². The van der Waals surface area contributed by atoms with Gasteiger partial charge in [-0.25, -0.2) is 9.59 Å². The van der Waals surface area contributed by atoms with Gasteiger partial charge in [0.15, 0.2) is 0 Å². The van der Waals surface area contributed by atoms with E-state index in [1.165, 1.54) is 11.1 Å². The molecular formula is C26H25N3O3. The van der Waals surface area contributed by atoms with E-state index in [-0.39, 0.29) is 30.3 Å². The van der Waals surface area contributed by atoms with Crippen LogP contribution in [0.15, 0.2) is 66.7 Å². The Morgan fingerprint density at radius 1 is 0.938 bits per heavy atom. The molecule has 3 aliphatic rings. The number of piperidine rings is 1. The van der Waals surface area contributed by atoms with Crippen molar-refractivity contribution in [3.8, 4) is 0 Å². The highest BCUT2D eigenvalue weighted by Crippen LogP contribution is 2.44. The summed E-state index contributed by atoms with van der Waals surface area (Å²) in [6, 6.07) is 22.4. The second-order valence-electron chi connectivity index (χ2n) is 8.89. The fourth-order valence-electron chi connectivity index (χ4n) is 5.47. The van der Waals surface area contributed by atoms with Crippen LogP contribution in [-0.4, -0.2) is 47.2 Å². The molecule has 2 aliphatic heterocycles. The van der Waals surface area contributed by atoms with E-state index < -0.39 is 0 Å². The standard InChI is InChI=1S/C26H25N3O3/c30-25(27-20-10-9-17-5-1-2-6-18(17)15-20)28-13-11-21(12-14-28)29-24-22-8-4-3-7-19(22)16-23(24)32-26(29)31/h1-10,15,21,23-24H,11-14,16H2,(H,27,30). The number of anilines is 1. The zero-order valence-electron chi connectivity index (χ0n) is 17.7. The minimum absolute atomic E-state index is 0.00155. The van der Waals surface area contributed by atoms with Crippen molar-refractivity contribution in [2.24, 2.45) is 0 Å². The molecule has 2 fully saturated rings. The first-order valence-electron chi connectivity index (χ1n) is 11.3. The fourth-order valence-corrected chi connectivity index (χ4v) is 5.47. The maximum absolute atomic E-state index is 12.9. The molecule has 6 nitrogen and oxygen atoms in total. The largest absolute Gasteiger partial charge is 0.443 e. The van der Waals surface area contributed by atoms with Gasteiger partial charge in [-0.3, -0.25) is 4.90 Å². The SMILES string of the molecule is O=C(Nc1ccc2ccccc2c1)N1CCC(N2C(=O)OC3Cc4ccccc4C32)CC1. The Hall–Kier alpha value is -3.54. The number of fused-ring (bicyclic) bond motifs is 4. The lowest BCUT2D eigenvalue weighted by atomic mass is 9.99. The molecule has 2 unspecified atom stereocenters. The van der Waals surface area contributed by atoms with Gasteiger partial charge in [0.25, 0.3) is 0 Å². The van der Waals surface area contributed by atoms with E-state index in [0.29, 0.717) is 13.1 Å². The van der Waals surface area contributed by atoms with Crippen LogP contribution in [0.2, 0.25) is 0 Å². The number of hydrogen-bond donors (Lipinski definition) is 1. The highest BCUT2D eigenvalue weighted by molar-refractivity contribution is 5.93. The lowest BCUT2D eigenvalue weighted by molar-refractivity contribution is 0.113. The Kier molecular flexibility index (Phi) is 4.52. The number of carbonyl (C=O) groups excluding carboxylic acids is 2. The summed E-state index contributed by atoms with van der Waals surface area (Å²) in [5, 5.41) is 5.28. The Labute approximate surface area is 186 Å². The Bertz CT molecular complexity index is 1200. The number of hydrogen-bond acceptors (Lipinski definition) is 3. The molecule has 1 aliphatic carbocycles. The molecule has 0 aromatic heterocycles. The van der Waals surface area contributed by atoms with Crippen molar-refractivity contribution in [3.05, 3.63) is 77.9 Å². The molecule has 3 amide bonds. The van der Waals surface area contributed by atoms with Crippen molar-refractivity contribution >= 4 is 28.6 Å². The first-order valence-corrected chi connectivity index (χ1v) is 11.3. The molecule has 162 valence electrons. The van der Waals surface area contributed by atoms with E-state index in [4.69, 9.17) is 4.74 Å². The van der Waals surface area contributed by atoms with Gasteiger partial charge in [-0.15, -0.1) is 0 Å². The zero-order valence-corrected chi connectivity index (χ0v) is 17.7. The van der Waals surface area contributed by atoms with Crippen LogP contribution >= 0.6 is 0 Å². The van der Waals surface area contributed by atoms with Gasteiger partial charge < -0.3 is 15.0 Å². The van der Waals surface area contributed by atoms with Crippen LogP contribution in [-0.2, 0) is 11.2 Å². The van der Waals surface area contributed by atoms with Crippen molar-refractivity contribution in [3.63, 3.8) is 0 Å². The average molecular weight is 428 g/mol. The summed E-state index contributed by atoms with van der Waals surface area (Å²) >= 11 is 0. The number of nitrogens with one attached hydrogen (secondary N) is 1. The zero-order chi connectivity index (χ0) is 21.7. The molecule has 6 rings (SSSR count). The molecule has 0 radical (unpaired) electrons. The van der Waals surface area contributed by atoms with Gasteiger partial charge in [-0.1, -0.05) is 54.6 Å². The third-order valence-electron chi connectivity index (χ3n) is 7.06. The molecule has 0 saturated carbocycles. The number of benzene rings is 3. The number of ether oxygens (including phenoxy) is 1. The summed E-state index contributed by atoms with van der Waals surface area (Å²) in [4.78, 5) is 29.3. The average Bonchev–Trinajstić information content (AvgIpc) is 3.33. The number of likely N-dealkylation sites (tertiary alicyclic amines) is 1. The summed E-state index contributed by atoms with van der Waals surface area (Å²) in [7, 11) is 0. The van der Waals surface area contributed by atoms with Crippen LogP contribution in [0.1, 0.15) is 30.0 Å². The molecule has 6 heteroatoms. The molecule has 3 aromatic rings. The minimum Gasteiger partial charge on any atom is -0.443 e. The highest BCUT2D eigenvalue weighted by Gasteiger charge is 2.50. The Balaban J connectivity index is 1.12. The first-order chi connectivity index (χ1) is 15.7. The van der Waals surface area contributed by atoms with Gasteiger partial charge in [0.2, 0.25) is 0 Å². The van der Waals surface area contributed by atoms with Crippen LogP contribution in [0, 0.1) is 0 Å². The molecule has 32 heavy (non-hydrogen) atoms. The van der Waals surface area contributed by atoms with Crippen LogP contribution in [0.5, 0.6) is 0 Å². The lowest BCUT2D eigenvalue weighted by Crippen LogP contribution is -2.48. The van der Waals surface area contributed by atoms with Crippen LogP contribution < -0.4 is 5.32 Å². The van der Waals surface area contributed by atoms with Gasteiger partial charge in [0.05, 0.1) is 6.04 Å². The maximum atomic E-state index is 12.9. The van der Waals surface area contributed by atoms with Crippen molar-refractivity contribution in [2.75, 3.05) is 18.4 Å². The maximum Gasteiger partial charge on any atom is 0.411 e. The predicted octanol–water partition coefficient (Wildman–Crippen LogP) is 4.95. The molecule has 0 spiro atoms. The molecule has 0 bridgehead atoms. The van der Waals surface area contributed by atoms with Gasteiger partial charge in [0, 0.05) is 31.2 Å². The van der Waals surface area contributed by atoms with Gasteiger partial charge in [0.1, 0.15) is 6.10 Å². The van der Waals surface area contributed by atoms with Crippen LogP contribution in [0.4, 0.5) is 15.3 Å². The van der Waals surface area contributed by atoms with Crippen LogP contribution in [0.3, 0.4) is 0 Å². The monoisotopic (exact) mass is 427 g/mol. The van der Waals surface area contributed by atoms with Crippen molar-refractivity contribution in [1.29, 1.82) is 0 Å². The second kappa shape index (κ2) is 7.55. The third-order valence-corrected chi connectivity index (χ3v) is 7.06. The van der Waals surface area contributed by atoms with Crippen LogP contribution in [0.25, 0.3) is 10.8 Å². The third kappa shape index (κ3) is 3.18. The molecular weight excluding hydrogens is 402 g/mol. The second-order valence-corrected chi connectivity index (χ2v) is 8.89. The molecule has 2 atom stereocenters. The van der Waals surface area contributed by atoms with E-state index in [0.717, 1.165) is 35.7 Å². The van der Waals surface area contributed by atoms with Gasteiger partial charge >= 0.3 is 12.1 Å². The molecule has 2 saturated heterocycles. The summed E-state index contributed by atoms with van der Waals surface area (Å²) in [5.74, 6) is 0. The van der Waals surface area contributed by atoms with E-state index in [1.807, 2.05) is 58.3 Å². The highest BCUT2D eigenvalue weighted by atomic mass is 16.6. The Morgan fingerprint density at radius 2 is 1.69 bits per heavy atom. The number of amides is 3. The Morgan fingerprint density at radius 3 is 2.53 bits per heavy atom. The quantitative estimate of drug-likeness (QED) is 0.629. The fraction of sp³-hybridized carbons (Fsp3) is 0.308. The smallest absolute Gasteiger partial charge is 0.411 e. The van der Waals surface area contributed by atoms with Gasteiger partial charge in [-0.2, -0.15) is 0 Å². The lowest BCUT2D eigenvalue weighted by Gasteiger charge is -2.37. The number of carbonyl (C=O) groups is 2. The summed E-state index contributed by atoms with van der Waals surface area (Å²) in [6.45, 7) is 1.24. The first kappa shape index (κ1) is 19.2. The number of urea groups is 1. The predicted molar refractivity (Wildman–Crippen MR) is 123 cm³/mol. The molecule has 2 heterocycles. The van der Waals surface area contributed by atoms with E-state index in [2.05, 4.69) is 23.5 Å². The van der Waals surface area contributed by atoms with Crippen molar-refractivity contribution in [2.45, 2.75) is 37.5 Å². The summed E-state index contributed by atoms with van der Waals surface area (Å²) in [5.41, 5.74) is 3.27.